The van der Waals surface area contributed by atoms with E-state index in [4.69, 9.17) is 16.9 Å². The van der Waals surface area contributed by atoms with Crippen molar-refractivity contribution in [3.05, 3.63) is 12.4 Å². The van der Waals surface area contributed by atoms with Gasteiger partial charge in [0.2, 0.25) is 5.72 Å². The number of aliphatic hydroxyl groups excluding tert-OH is 1. The molecule has 19 heavy (non-hydrogen) atoms. The molecule has 1 fully saturated rings. The molecular formula is C11H10FN5O2. The van der Waals surface area contributed by atoms with Crippen molar-refractivity contribution in [2.75, 3.05) is 12.3 Å². The van der Waals surface area contributed by atoms with Crippen LogP contribution in [0.2, 0.25) is 0 Å². The predicted octanol–water partition coefficient (Wildman–Crippen LogP) is -0.385. The van der Waals surface area contributed by atoms with Gasteiger partial charge in [0.15, 0.2) is 17.0 Å². The second-order valence-corrected chi connectivity index (χ2v) is 4.16. The number of hydrogen-bond donors (Lipinski definition) is 2. The molecular weight excluding hydrogens is 253 g/mol. The summed E-state index contributed by atoms with van der Waals surface area (Å²) in [5.41, 5.74) is 4.42. The Morgan fingerprint density at radius 1 is 1.63 bits per heavy atom. The van der Waals surface area contributed by atoms with E-state index in [-0.39, 0.29) is 23.6 Å². The van der Waals surface area contributed by atoms with Gasteiger partial charge in [-0.2, -0.15) is 14.4 Å². The fourth-order valence-corrected chi connectivity index (χ4v) is 2.19. The smallest absolute Gasteiger partial charge is 0.312 e. The maximum atomic E-state index is 13.3. The quantitative estimate of drug-likeness (QED) is 0.537. The molecule has 1 aliphatic rings. The van der Waals surface area contributed by atoms with Crippen LogP contribution >= 0.6 is 0 Å². The van der Waals surface area contributed by atoms with Crippen LogP contribution in [0, 0.1) is 18.4 Å². The summed E-state index contributed by atoms with van der Waals surface area (Å²) >= 11 is 0. The molecule has 3 heterocycles. The van der Waals surface area contributed by atoms with Crippen molar-refractivity contribution in [1.82, 2.24) is 19.5 Å². The first-order valence-corrected chi connectivity index (χ1v) is 5.55. The SMILES string of the molecule is C#CC1(n2cnc3c(N)nc(F)nc32)OCCC1O. The molecule has 3 N–H and O–H groups in total. The van der Waals surface area contributed by atoms with Gasteiger partial charge >= 0.3 is 6.08 Å². The molecule has 2 aromatic heterocycles. The Morgan fingerprint density at radius 2 is 2.42 bits per heavy atom. The zero-order valence-corrected chi connectivity index (χ0v) is 9.75. The zero-order valence-electron chi connectivity index (χ0n) is 9.75. The van der Waals surface area contributed by atoms with Crippen molar-refractivity contribution < 1.29 is 14.2 Å². The van der Waals surface area contributed by atoms with Crippen LogP contribution < -0.4 is 5.73 Å². The Balaban J connectivity index is 2.29. The second-order valence-electron chi connectivity index (χ2n) is 4.16. The van der Waals surface area contributed by atoms with E-state index in [1.54, 1.807) is 0 Å². The molecule has 0 aliphatic carbocycles. The monoisotopic (exact) mass is 263 g/mol. The number of aliphatic hydroxyl groups is 1. The number of ether oxygens (including phenoxy) is 1. The van der Waals surface area contributed by atoms with Gasteiger partial charge in [-0.1, -0.05) is 0 Å². The molecule has 98 valence electrons. The van der Waals surface area contributed by atoms with Gasteiger partial charge < -0.3 is 15.6 Å². The number of nitrogen functional groups attached to an aromatic ring is 1. The average molecular weight is 263 g/mol. The summed E-state index contributed by atoms with van der Waals surface area (Å²) in [7, 11) is 0. The van der Waals surface area contributed by atoms with Crippen LogP contribution in [0.1, 0.15) is 6.42 Å². The van der Waals surface area contributed by atoms with E-state index in [1.807, 2.05) is 0 Å². The van der Waals surface area contributed by atoms with Gasteiger partial charge in [-0.3, -0.25) is 4.57 Å². The van der Waals surface area contributed by atoms with E-state index < -0.39 is 17.9 Å². The lowest BCUT2D eigenvalue weighted by atomic mass is 10.1. The Hall–Kier alpha value is -2.24. The molecule has 2 aromatic rings. The van der Waals surface area contributed by atoms with Gasteiger partial charge in [0.1, 0.15) is 12.4 Å². The molecule has 0 radical (unpaired) electrons. The number of terminal acetylenes is 1. The molecule has 1 aliphatic heterocycles. The first-order valence-electron chi connectivity index (χ1n) is 5.55. The Labute approximate surface area is 107 Å². The molecule has 0 saturated carbocycles. The van der Waals surface area contributed by atoms with E-state index in [1.165, 1.54) is 10.9 Å². The van der Waals surface area contributed by atoms with Crippen LogP contribution in [0.15, 0.2) is 6.33 Å². The number of hydrogen-bond acceptors (Lipinski definition) is 6. The molecule has 0 bridgehead atoms. The van der Waals surface area contributed by atoms with Crippen molar-refractivity contribution >= 4 is 17.0 Å². The molecule has 8 heteroatoms. The van der Waals surface area contributed by atoms with Crippen molar-refractivity contribution in [2.24, 2.45) is 0 Å². The normalized spacial score (nSPS) is 26.7. The first kappa shape index (κ1) is 11.8. The number of anilines is 1. The summed E-state index contributed by atoms with van der Waals surface area (Å²) in [6.07, 6.45) is 5.21. The van der Waals surface area contributed by atoms with Gasteiger partial charge in [-0.25, -0.2) is 4.98 Å². The summed E-state index contributed by atoms with van der Waals surface area (Å²) < 4.78 is 20.0. The predicted molar refractivity (Wildman–Crippen MR) is 63.1 cm³/mol. The van der Waals surface area contributed by atoms with Gasteiger partial charge in [-0.15, -0.1) is 6.42 Å². The largest absolute Gasteiger partial charge is 0.387 e. The number of rotatable bonds is 1. The number of nitrogens with zero attached hydrogens (tertiary/aromatic N) is 4. The van der Waals surface area contributed by atoms with Gasteiger partial charge in [0.25, 0.3) is 0 Å². The van der Waals surface area contributed by atoms with Crippen molar-refractivity contribution in [2.45, 2.75) is 18.2 Å². The molecule has 2 unspecified atom stereocenters. The van der Waals surface area contributed by atoms with E-state index in [9.17, 15) is 9.50 Å². The van der Waals surface area contributed by atoms with Crippen LogP contribution in [-0.2, 0) is 10.5 Å². The molecule has 3 rings (SSSR count). The highest BCUT2D eigenvalue weighted by molar-refractivity contribution is 5.81. The molecule has 7 nitrogen and oxygen atoms in total. The Bertz CT molecular complexity index is 694. The zero-order chi connectivity index (χ0) is 13.6. The Kier molecular flexibility index (Phi) is 2.41. The highest BCUT2D eigenvalue weighted by Gasteiger charge is 2.45. The van der Waals surface area contributed by atoms with Crippen molar-refractivity contribution in [3.63, 3.8) is 0 Å². The van der Waals surface area contributed by atoms with E-state index in [0.717, 1.165) is 0 Å². The van der Waals surface area contributed by atoms with Gasteiger partial charge in [-0.05, 0) is 5.92 Å². The number of nitrogens with two attached hydrogens (primary N) is 1. The second kappa shape index (κ2) is 3.88. The summed E-state index contributed by atoms with van der Waals surface area (Å²) in [5, 5.41) is 10.0. The lowest BCUT2D eigenvalue weighted by Gasteiger charge is -2.27. The highest BCUT2D eigenvalue weighted by Crippen LogP contribution is 2.33. The number of imidazole rings is 1. The van der Waals surface area contributed by atoms with Gasteiger partial charge in [0.05, 0.1) is 6.61 Å². The minimum Gasteiger partial charge on any atom is -0.387 e. The minimum absolute atomic E-state index is 0.0869. The number of halogens is 1. The third-order valence-corrected chi connectivity index (χ3v) is 3.13. The topological polar surface area (TPSA) is 99.1 Å². The molecule has 1 saturated heterocycles. The third-order valence-electron chi connectivity index (χ3n) is 3.13. The number of fused-ring (bicyclic) bond motifs is 1. The summed E-state index contributed by atoms with van der Waals surface area (Å²) in [6, 6.07) is 0. The van der Waals surface area contributed by atoms with Crippen LogP contribution in [0.5, 0.6) is 0 Å². The van der Waals surface area contributed by atoms with E-state index >= 15 is 0 Å². The van der Waals surface area contributed by atoms with E-state index in [2.05, 4.69) is 20.9 Å². The fourth-order valence-electron chi connectivity index (χ4n) is 2.19. The highest BCUT2D eigenvalue weighted by atomic mass is 19.1. The maximum Gasteiger partial charge on any atom is 0.312 e. The van der Waals surface area contributed by atoms with Gasteiger partial charge in [0, 0.05) is 6.42 Å². The maximum absolute atomic E-state index is 13.3. The van der Waals surface area contributed by atoms with Crippen LogP contribution in [-0.4, -0.2) is 37.3 Å². The van der Waals surface area contributed by atoms with E-state index in [0.29, 0.717) is 6.42 Å². The summed E-state index contributed by atoms with van der Waals surface area (Å²) in [5.74, 6) is 2.29. The fraction of sp³-hybridized carbons (Fsp3) is 0.364. The first-order chi connectivity index (χ1) is 9.08. The lowest BCUT2D eigenvalue weighted by Crippen LogP contribution is -2.40. The summed E-state index contributed by atoms with van der Waals surface area (Å²) in [6.45, 7) is 0.286. The minimum atomic E-state index is -1.44. The van der Waals surface area contributed by atoms with Crippen LogP contribution in [0.25, 0.3) is 11.2 Å². The lowest BCUT2D eigenvalue weighted by molar-refractivity contribution is -0.0689. The Morgan fingerprint density at radius 3 is 3.05 bits per heavy atom. The third kappa shape index (κ3) is 1.49. The standard InChI is InChI=1S/C11H10FN5O2/c1-2-11(6(18)3-4-19-11)17-5-14-7-8(13)15-10(12)16-9(7)17/h1,5-6,18H,3-4H2,(H2,13,15,16). The molecule has 0 spiro atoms. The van der Waals surface area contributed by atoms with Crippen LogP contribution in [0.4, 0.5) is 10.2 Å². The van der Waals surface area contributed by atoms with Crippen LogP contribution in [0.3, 0.4) is 0 Å². The summed E-state index contributed by atoms with van der Waals surface area (Å²) in [4.78, 5) is 11.0. The average Bonchev–Trinajstić information content (AvgIpc) is 2.93. The molecule has 2 atom stereocenters. The van der Waals surface area contributed by atoms with Crippen molar-refractivity contribution in [1.29, 1.82) is 0 Å². The molecule has 0 amide bonds. The van der Waals surface area contributed by atoms with Crippen molar-refractivity contribution in [3.8, 4) is 12.3 Å². The number of aromatic nitrogens is 4. The molecule has 0 aromatic carbocycles.